The van der Waals surface area contributed by atoms with Crippen molar-refractivity contribution >= 4 is 46.6 Å². The average molecular weight is 367 g/mol. The summed E-state index contributed by atoms with van der Waals surface area (Å²) in [5.41, 5.74) is 1.52. The number of rotatable bonds is 6. The number of thioether (sulfide) groups is 1. The molecule has 0 fully saturated rings. The Morgan fingerprint density at radius 1 is 1.12 bits per heavy atom. The first-order valence-electron chi connectivity index (χ1n) is 7.13. The molecule has 2 amide bonds. The molecule has 24 heavy (non-hydrogen) atoms. The van der Waals surface area contributed by atoms with E-state index in [4.69, 9.17) is 11.6 Å². The van der Waals surface area contributed by atoms with Gasteiger partial charge in [0.15, 0.2) is 0 Å². The molecule has 0 bridgehead atoms. The minimum atomic E-state index is -0.555. The van der Waals surface area contributed by atoms with E-state index >= 15 is 0 Å². The fourth-order valence-electron chi connectivity index (χ4n) is 1.93. The van der Waals surface area contributed by atoms with Crippen molar-refractivity contribution in [3.05, 3.63) is 58.9 Å². The van der Waals surface area contributed by atoms with Gasteiger partial charge in [-0.15, -0.1) is 11.8 Å². The van der Waals surface area contributed by atoms with Crippen LogP contribution in [0.25, 0.3) is 0 Å². The first-order valence-corrected chi connectivity index (χ1v) is 8.66. The first kappa shape index (κ1) is 18.3. The van der Waals surface area contributed by atoms with Crippen LogP contribution in [0.3, 0.4) is 0 Å². The second-order valence-corrected chi connectivity index (χ2v) is 6.47. The van der Waals surface area contributed by atoms with Crippen LogP contribution in [0, 0.1) is 5.82 Å². The molecule has 0 saturated carbocycles. The quantitative estimate of drug-likeness (QED) is 0.800. The predicted octanol–water partition coefficient (Wildman–Crippen LogP) is 4.31. The van der Waals surface area contributed by atoms with Crippen molar-refractivity contribution in [2.45, 2.75) is 12.7 Å². The Hall–Kier alpha value is -2.05. The molecule has 0 aromatic heterocycles. The maximum atomic E-state index is 13.7. The van der Waals surface area contributed by atoms with E-state index in [0.717, 1.165) is 5.56 Å². The van der Waals surface area contributed by atoms with Gasteiger partial charge in [-0.2, -0.15) is 0 Å². The second-order valence-electron chi connectivity index (χ2n) is 5.04. The van der Waals surface area contributed by atoms with Crippen molar-refractivity contribution in [1.82, 2.24) is 0 Å². The topological polar surface area (TPSA) is 58.2 Å². The molecule has 0 aliphatic carbocycles. The Kier molecular flexibility index (Phi) is 6.63. The molecule has 0 radical (unpaired) electrons. The van der Waals surface area contributed by atoms with Gasteiger partial charge in [-0.3, -0.25) is 9.59 Å². The van der Waals surface area contributed by atoms with Gasteiger partial charge in [0.1, 0.15) is 5.82 Å². The third kappa shape index (κ3) is 5.86. The molecule has 2 N–H and O–H groups in total. The predicted molar refractivity (Wildman–Crippen MR) is 96.9 cm³/mol. The summed E-state index contributed by atoms with van der Waals surface area (Å²) < 4.78 is 13.7. The van der Waals surface area contributed by atoms with Crippen LogP contribution in [-0.4, -0.2) is 17.6 Å². The molecule has 0 heterocycles. The monoisotopic (exact) mass is 366 g/mol. The Labute approximate surface area is 148 Å². The van der Waals surface area contributed by atoms with Crippen LogP contribution >= 0.6 is 23.4 Å². The Balaban J connectivity index is 1.87. The second kappa shape index (κ2) is 8.70. The lowest BCUT2D eigenvalue weighted by atomic mass is 10.2. The number of benzene rings is 2. The van der Waals surface area contributed by atoms with Crippen molar-refractivity contribution in [3.8, 4) is 0 Å². The number of anilines is 2. The maximum absolute atomic E-state index is 13.7. The third-order valence-electron chi connectivity index (χ3n) is 2.98. The van der Waals surface area contributed by atoms with Gasteiger partial charge < -0.3 is 10.6 Å². The van der Waals surface area contributed by atoms with E-state index in [1.807, 2.05) is 12.1 Å². The third-order valence-corrected chi connectivity index (χ3v) is 4.23. The zero-order valence-electron chi connectivity index (χ0n) is 12.9. The minimum Gasteiger partial charge on any atom is -0.326 e. The van der Waals surface area contributed by atoms with Gasteiger partial charge in [0.2, 0.25) is 11.8 Å². The van der Waals surface area contributed by atoms with Crippen LogP contribution < -0.4 is 10.6 Å². The van der Waals surface area contributed by atoms with Gasteiger partial charge in [0, 0.05) is 23.4 Å². The number of halogens is 2. The minimum absolute atomic E-state index is 0.0401. The highest BCUT2D eigenvalue weighted by Crippen LogP contribution is 2.21. The Bertz CT molecular complexity index is 738. The number of carbonyl (C=O) groups excluding carboxylic acids is 2. The molecule has 0 unspecified atom stereocenters. The highest BCUT2D eigenvalue weighted by atomic mass is 35.5. The molecular formula is C17H16ClFN2O2S. The van der Waals surface area contributed by atoms with Crippen molar-refractivity contribution in [1.29, 1.82) is 0 Å². The van der Waals surface area contributed by atoms with Gasteiger partial charge in [-0.25, -0.2) is 4.39 Å². The normalized spacial score (nSPS) is 10.3. The highest BCUT2D eigenvalue weighted by Gasteiger charge is 2.09. The molecule has 2 rings (SSSR count). The van der Waals surface area contributed by atoms with Gasteiger partial charge in [-0.1, -0.05) is 23.7 Å². The summed E-state index contributed by atoms with van der Waals surface area (Å²) in [5.74, 6) is -0.295. The molecule has 0 atom stereocenters. The van der Waals surface area contributed by atoms with Crippen molar-refractivity contribution in [2.24, 2.45) is 0 Å². The molecule has 7 heteroatoms. The van der Waals surface area contributed by atoms with E-state index in [1.54, 1.807) is 12.1 Å². The van der Waals surface area contributed by atoms with Crippen LogP contribution in [0.4, 0.5) is 15.8 Å². The number of amides is 2. The van der Waals surface area contributed by atoms with Crippen molar-refractivity contribution in [2.75, 3.05) is 16.4 Å². The summed E-state index contributed by atoms with van der Waals surface area (Å²) in [7, 11) is 0. The number of hydrogen-bond donors (Lipinski definition) is 2. The lowest BCUT2D eigenvalue weighted by Gasteiger charge is -2.09. The summed E-state index contributed by atoms with van der Waals surface area (Å²) in [6.07, 6.45) is 0. The molecule has 0 spiro atoms. The van der Waals surface area contributed by atoms with Crippen molar-refractivity contribution in [3.63, 3.8) is 0 Å². The SMILES string of the molecule is CC(=O)Nc1ccc(F)c(NC(=O)CSCc2ccc(Cl)cc2)c1. The van der Waals surface area contributed by atoms with Gasteiger partial charge in [-0.05, 0) is 35.9 Å². The average Bonchev–Trinajstić information content (AvgIpc) is 2.52. The number of carbonyl (C=O) groups is 2. The summed E-state index contributed by atoms with van der Waals surface area (Å²) in [6, 6.07) is 11.4. The number of nitrogens with one attached hydrogen (secondary N) is 2. The largest absolute Gasteiger partial charge is 0.326 e. The maximum Gasteiger partial charge on any atom is 0.234 e. The van der Waals surface area contributed by atoms with Crippen LogP contribution in [0.2, 0.25) is 5.02 Å². The van der Waals surface area contributed by atoms with E-state index in [-0.39, 0.29) is 23.3 Å². The molecule has 2 aromatic carbocycles. The lowest BCUT2D eigenvalue weighted by Crippen LogP contribution is -2.15. The first-order chi connectivity index (χ1) is 11.4. The highest BCUT2D eigenvalue weighted by molar-refractivity contribution is 7.99. The summed E-state index contributed by atoms with van der Waals surface area (Å²) >= 11 is 7.23. The van der Waals surface area contributed by atoms with E-state index in [2.05, 4.69) is 10.6 Å². The van der Waals surface area contributed by atoms with Crippen LogP contribution in [0.15, 0.2) is 42.5 Å². The van der Waals surface area contributed by atoms with Crippen molar-refractivity contribution < 1.29 is 14.0 Å². The van der Waals surface area contributed by atoms with Crippen LogP contribution in [-0.2, 0) is 15.3 Å². The molecule has 4 nitrogen and oxygen atoms in total. The molecule has 0 aliphatic rings. The molecule has 0 aliphatic heterocycles. The molecule has 0 saturated heterocycles. The van der Waals surface area contributed by atoms with Gasteiger partial charge in [0.25, 0.3) is 0 Å². The lowest BCUT2D eigenvalue weighted by molar-refractivity contribution is -0.114. The van der Waals surface area contributed by atoms with Crippen LogP contribution in [0.1, 0.15) is 12.5 Å². The number of hydrogen-bond acceptors (Lipinski definition) is 3. The zero-order valence-corrected chi connectivity index (χ0v) is 14.5. The van der Waals surface area contributed by atoms with E-state index < -0.39 is 5.82 Å². The molecule has 2 aromatic rings. The van der Waals surface area contributed by atoms with Gasteiger partial charge in [0.05, 0.1) is 11.4 Å². The van der Waals surface area contributed by atoms with Crippen LogP contribution in [0.5, 0.6) is 0 Å². The molecular weight excluding hydrogens is 351 g/mol. The molecule has 126 valence electrons. The Morgan fingerprint density at radius 3 is 2.50 bits per heavy atom. The summed E-state index contributed by atoms with van der Waals surface area (Å²) in [4.78, 5) is 23.0. The van der Waals surface area contributed by atoms with E-state index in [1.165, 1.54) is 36.9 Å². The van der Waals surface area contributed by atoms with Gasteiger partial charge >= 0.3 is 0 Å². The summed E-state index contributed by atoms with van der Waals surface area (Å²) in [5, 5.41) is 5.72. The van der Waals surface area contributed by atoms with E-state index in [9.17, 15) is 14.0 Å². The smallest absolute Gasteiger partial charge is 0.234 e. The standard InChI is InChI=1S/C17H16ClFN2O2S/c1-11(22)20-14-6-7-15(19)16(8-14)21-17(23)10-24-9-12-2-4-13(18)5-3-12/h2-8H,9-10H2,1H3,(H,20,22)(H,21,23). The zero-order chi connectivity index (χ0) is 17.5. The summed E-state index contributed by atoms with van der Waals surface area (Å²) in [6.45, 7) is 1.36. The fraction of sp³-hybridized carbons (Fsp3) is 0.176. The fourth-order valence-corrected chi connectivity index (χ4v) is 2.84. The Morgan fingerprint density at radius 2 is 1.83 bits per heavy atom. The van der Waals surface area contributed by atoms with E-state index in [0.29, 0.717) is 16.5 Å².